The van der Waals surface area contributed by atoms with Gasteiger partial charge in [0.2, 0.25) is 0 Å². The summed E-state index contributed by atoms with van der Waals surface area (Å²) in [6.45, 7) is 9.14. The molecule has 0 radical (unpaired) electrons. The molecule has 0 bridgehead atoms. The lowest BCUT2D eigenvalue weighted by molar-refractivity contribution is 0.0119. The van der Waals surface area contributed by atoms with E-state index >= 15 is 0 Å². The fourth-order valence-electron chi connectivity index (χ4n) is 3.79. The normalized spacial score (nSPS) is 25.5. The van der Waals surface area contributed by atoms with Crippen LogP contribution in [0.25, 0.3) is 11.1 Å². The van der Waals surface area contributed by atoms with Crippen molar-refractivity contribution in [2.24, 2.45) is 5.92 Å². The van der Waals surface area contributed by atoms with Crippen molar-refractivity contribution >= 4 is 17.0 Å². The van der Waals surface area contributed by atoms with Crippen LogP contribution in [-0.4, -0.2) is 66.1 Å². The van der Waals surface area contributed by atoms with Crippen LogP contribution in [0.2, 0.25) is 0 Å². The number of likely N-dealkylation sites (tertiary alicyclic amines) is 1. The highest BCUT2D eigenvalue weighted by Gasteiger charge is 2.37. The van der Waals surface area contributed by atoms with Gasteiger partial charge in [0.15, 0.2) is 11.3 Å². The topological polar surface area (TPSA) is 58.8 Å². The summed E-state index contributed by atoms with van der Waals surface area (Å²) in [6, 6.07) is 5.93. The molecule has 0 spiro atoms. The maximum absolute atomic E-state index is 12.8. The van der Waals surface area contributed by atoms with Gasteiger partial charge < -0.3 is 14.1 Å². The van der Waals surface area contributed by atoms with E-state index in [1.807, 2.05) is 24.0 Å². The van der Waals surface area contributed by atoms with Gasteiger partial charge in [-0.15, -0.1) is 0 Å². The van der Waals surface area contributed by atoms with Gasteiger partial charge in [-0.25, -0.2) is 4.98 Å². The van der Waals surface area contributed by atoms with Crippen molar-refractivity contribution in [2.45, 2.75) is 19.9 Å². The van der Waals surface area contributed by atoms with Gasteiger partial charge in [0.25, 0.3) is 5.91 Å². The highest BCUT2D eigenvalue weighted by atomic mass is 16.5. The minimum absolute atomic E-state index is 0.0340. The molecular formula is C18H23N3O3. The molecule has 0 unspecified atom stereocenters. The number of carbonyl (C=O) groups is 1. The molecule has 2 aromatic heterocycles. The number of carbonyl (C=O) groups excluding carboxylic acids is 1. The second-order valence-corrected chi connectivity index (χ2v) is 6.85. The van der Waals surface area contributed by atoms with E-state index in [4.69, 9.17) is 9.15 Å². The predicted molar refractivity (Wildman–Crippen MR) is 90.0 cm³/mol. The van der Waals surface area contributed by atoms with Crippen LogP contribution in [0.1, 0.15) is 23.2 Å². The van der Waals surface area contributed by atoms with E-state index in [2.05, 4.69) is 16.8 Å². The number of amides is 1. The largest absolute Gasteiger partial charge is 0.449 e. The van der Waals surface area contributed by atoms with Crippen molar-refractivity contribution in [1.82, 2.24) is 14.8 Å². The van der Waals surface area contributed by atoms with Crippen LogP contribution in [0.5, 0.6) is 0 Å². The lowest BCUT2D eigenvalue weighted by Crippen LogP contribution is -2.47. The fraction of sp³-hybridized carbons (Fsp3) is 0.556. The van der Waals surface area contributed by atoms with Gasteiger partial charge in [-0.05, 0) is 25.0 Å². The summed E-state index contributed by atoms with van der Waals surface area (Å²) in [5.74, 6) is 0.808. The Morgan fingerprint density at radius 1 is 1.25 bits per heavy atom. The Kier molecular flexibility index (Phi) is 4.02. The molecule has 0 saturated carbocycles. The molecule has 128 valence electrons. The summed E-state index contributed by atoms with van der Waals surface area (Å²) in [6.07, 6.45) is 0. The molecule has 6 nitrogen and oxygen atoms in total. The number of ether oxygens (including phenoxy) is 1. The van der Waals surface area contributed by atoms with Gasteiger partial charge in [0, 0.05) is 44.0 Å². The number of hydrogen-bond donors (Lipinski definition) is 0. The van der Waals surface area contributed by atoms with E-state index in [1.54, 1.807) is 6.07 Å². The van der Waals surface area contributed by atoms with Gasteiger partial charge in [-0.3, -0.25) is 9.69 Å². The van der Waals surface area contributed by atoms with E-state index < -0.39 is 0 Å². The fourth-order valence-corrected chi connectivity index (χ4v) is 3.79. The summed E-state index contributed by atoms with van der Waals surface area (Å²) >= 11 is 0. The summed E-state index contributed by atoms with van der Waals surface area (Å²) in [4.78, 5) is 21.6. The van der Waals surface area contributed by atoms with Gasteiger partial charge >= 0.3 is 0 Å². The van der Waals surface area contributed by atoms with Crippen molar-refractivity contribution in [2.75, 3.05) is 39.4 Å². The van der Waals surface area contributed by atoms with Gasteiger partial charge in [-0.2, -0.15) is 0 Å². The molecule has 2 aliphatic rings. The second-order valence-electron chi connectivity index (χ2n) is 6.85. The highest BCUT2D eigenvalue weighted by Crippen LogP contribution is 2.26. The minimum atomic E-state index is -0.0340. The van der Waals surface area contributed by atoms with Crippen LogP contribution in [0.3, 0.4) is 0 Å². The summed E-state index contributed by atoms with van der Waals surface area (Å²) in [7, 11) is 0. The first kappa shape index (κ1) is 15.6. The molecule has 2 atom stereocenters. The predicted octanol–water partition coefficient (Wildman–Crippen LogP) is 1.93. The molecule has 1 amide bonds. The quantitative estimate of drug-likeness (QED) is 0.842. The number of nitrogens with zero attached hydrogens (tertiary/aromatic N) is 3. The molecule has 4 rings (SSSR count). The smallest absolute Gasteiger partial charge is 0.289 e. The first-order chi connectivity index (χ1) is 11.6. The van der Waals surface area contributed by atoms with Crippen molar-refractivity contribution in [3.05, 3.63) is 29.7 Å². The zero-order valence-corrected chi connectivity index (χ0v) is 14.2. The van der Waals surface area contributed by atoms with Crippen LogP contribution < -0.4 is 0 Å². The Hall–Kier alpha value is -1.92. The second kappa shape index (κ2) is 6.18. The molecule has 0 aliphatic carbocycles. The number of hydrogen-bond acceptors (Lipinski definition) is 5. The lowest BCUT2D eigenvalue weighted by Gasteiger charge is -2.33. The number of morpholine rings is 1. The summed E-state index contributed by atoms with van der Waals surface area (Å²) in [5.41, 5.74) is 2.33. The Morgan fingerprint density at radius 2 is 2.04 bits per heavy atom. The number of aromatic nitrogens is 1. The monoisotopic (exact) mass is 329 g/mol. The minimum Gasteiger partial charge on any atom is -0.449 e. The van der Waals surface area contributed by atoms with Gasteiger partial charge in [-0.1, -0.05) is 6.92 Å². The first-order valence-electron chi connectivity index (χ1n) is 8.60. The number of aryl methyl sites for hydroxylation is 1. The van der Waals surface area contributed by atoms with Crippen molar-refractivity contribution in [3.8, 4) is 0 Å². The molecule has 2 aliphatic heterocycles. The first-order valence-corrected chi connectivity index (χ1v) is 8.60. The SMILES string of the molecule is Cc1ccc2oc(C(=O)N3C[C@@H](N4CCOCC4)[C@@H](C)C3)cc2n1. The lowest BCUT2D eigenvalue weighted by atomic mass is 10.0. The third kappa shape index (κ3) is 2.80. The molecular weight excluding hydrogens is 306 g/mol. The van der Waals surface area contributed by atoms with E-state index in [0.29, 0.717) is 23.3 Å². The number of fused-ring (bicyclic) bond motifs is 1. The molecule has 24 heavy (non-hydrogen) atoms. The van der Waals surface area contributed by atoms with Crippen LogP contribution in [0.15, 0.2) is 22.6 Å². The van der Waals surface area contributed by atoms with Crippen molar-refractivity contribution < 1.29 is 13.9 Å². The van der Waals surface area contributed by atoms with E-state index in [1.165, 1.54) is 0 Å². The maximum atomic E-state index is 12.8. The van der Waals surface area contributed by atoms with Crippen LogP contribution >= 0.6 is 0 Å². The Bertz CT molecular complexity index is 751. The molecule has 2 aromatic rings. The molecule has 2 saturated heterocycles. The van der Waals surface area contributed by atoms with E-state index in [9.17, 15) is 4.79 Å². The highest BCUT2D eigenvalue weighted by molar-refractivity contribution is 5.95. The van der Waals surface area contributed by atoms with Gasteiger partial charge in [0.05, 0.1) is 13.2 Å². The van der Waals surface area contributed by atoms with Crippen molar-refractivity contribution in [1.29, 1.82) is 0 Å². The van der Waals surface area contributed by atoms with Crippen LogP contribution in [-0.2, 0) is 4.74 Å². The number of pyridine rings is 1. The third-order valence-electron chi connectivity index (χ3n) is 5.10. The Labute approximate surface area is 141 Å². The average Bonchev–Trinajstić information content (AvgIpc) is 3.18. The van der Waals surface area contributed by atoms with E-state index in [-0.39, 0.29) is 5.91 Å². The van der Waals surface area contributed by atoms with E-state index in [0.717, 1.165) is 50.6 Å². The van der Waals surface area contributed by atoms with Crippen LogP contribution in [0, 0.1) is 12.8 Å². The molecule has 2 fully saturated rings. The summed E-state index contributed by atoms with van der Waals surface area (Å²) < 4.78 is 11.2. The molecule has 0 aromatic carbocycles. The number of rotatable bonds is 2. The standard InChI is InChI=1S/C18H23N3O3/c1-12-10-21(11-15(12)20-5-7-23-8-6-20)18(22)17-9-14-16(24-17)4-3-13(2)19-14/h3-4,9,12,15H,5-8,10-11H2,1-2H3/t12-,15+/m0/s1. The van der Waals surface area contributed by atoms with Crippen LogP contribution in [0.4, 0.5) is 0 Å². The zero-order valence-electron chi connectivity index (χ0n) is 14.2. The average molecular weight is 329 g/mol. The number of furan rings is 1. The van der Waals surface area contributed by atoms with Gasteiger partial charge in [0.1, 0.15) is 5.52 Å². The van der Waals surface area contributed by atoms with Crippen molar-refractivity contribution in [3.63, 3.8) is 0 Å². The Morgan fingerprint density at radius 3 is 2.83 bits per heavy atom. The third-order valence-corrected chi connectivity index (χ3v) is 5.10. The molecule has 4 heterocycles. The molecule has 0 N–H and O–H groups in total. The molecule has 6 heteroatoms. The maximum Gasteiger partial charge on any atom is 0.289 e. The summed E-state index contributed by atoms with van der Waals surface area (Å²) in [5, 5.41) is 0. The zero-order chi connectivity index (χ0) is 16.7. The Balaban J connectivity index is 1.51.